The number of hydrogen-bond acceptors (Lipinski definition) is 4. The van der Waals surface area contributed by atoms with Crippen molar-refractivity contribution in [3.05, 3.63) is 70.6 Å². The lowest BCUT2D eigenvalue weighted by molar-refractivity contribution is 0.191. The van der Waals surface area contributed by atoms with Gasteiger partial charge in [0.1, 0.15) is 0 Å². The molecule has 0 atom stereocenters. The van der Waals surface area contributed by atoms with Crippen LogP contribution in [0.5, 0.6) is 11.5 Å². The summed E-state index contributed by atoms with van der Waals surface area (Å²) in [5, 5.41) is 4.35. The molecule has 2 aromatic carbocycles. The van der Waals surface area contributed by atoms with Gasteiger partial charge in [-0.25, -0.2) is 0 Å². The molecule has 0 amide bonds. The molecule has 0 saturated heterocycles. The first-order chi connectivity index (χ1) is 13.3. The SMILES string of the molecule is COc1cc(-n2ncc(-c3ccc(C)cc3)cc2=O)ccc1OCC(C)(C)C. The van der Waals surface area contributed by atoms with Crippen molar-refractivity contribution < 1.29 is 9.47 Å². The van der Waals surface area contributed by atoms with Crippen LogP contribution in [0.15, 0.2) is 59.5 Å². The van der Waals surface area contributed by atoms with Crippen molar-refractivity contribution in [2.75, 3.05) is 13.7 Å². The lowest BCUT2D eigenvalue weighted by Gasteiger charge is -2.20. The molecular weight excluding hydrogens is 352 g/mol. The van der Waals surface area contributed by atoms with Gasteiger partial charge in [0.25, 0.3) is 5.56 Å². The minimum absolute atomic E-state index is 0.0357. The molecule has 0 fully saturated rings. The summed E-state index contributed by atoms with van der Waals surface area (Å²) >= 11 is 0. The summed E-state index contributed by atoms with van der Waals surface area (Å²) in [5.74, 6) is 1.21. The summed E-state index contributed by atoms with van der Waals surface area (Å²) in [6, 6.07) is 15.0. The maximum Gasteiger partial charge on any atom is 0.272 e. The topological polar surface area (TPSA) is 53.4 Å². The van der Waals surface area contributed by atoms with Gasteiger partial charge in [-0.15, -0.1) is 0 Å². The summed E-state index contributed by atoms with van der Waals surface area (Å²) in [4.78, 5) is 12.7. The van der Waals surface area contributed by atoms with Crippen LogP contribution in [-0.4, -0.2) is 23.5 Å². The van der Waals surface area contributed by atoms with E-state index in [1.807, 2.05) is 37.3 Å². The third kappa shape index (κ3) is 4.60. The van der Waals surface area contributed by atoms with Gasteiger partial charge in [-0.1, -0.05) is 50.6 Å². The molecular formula is C23H26N2O3. The molecule has 3 aromatic rings. The van der Waals surface area contributed by atoms with Crippen LogP contribution < -0.4 is 15.0 Å². The maximum atomic E-state index is 12.7. The van der Waals surface area contributed by atoms with Crippen molar-refractivity contribution in [1.82, 2.24) is 9.78 Å². The van der Waals surface area contributed by atoms with Crippen molar-refractivity contribution in [2.45, 2.75) is 27.7 Å². The Kier molecular flexibility index (Phi) is 5.54. The third-order valence-corrected chi connectivity index (χ3v) is 4.24. The molecule has 1 aromatic heterocycles. The average molecular weight is 378 g/mol. The lowest BCUT2D eigenvalue weighted by atomic mass is 9.99. The molecule has 0 N–H and O–H groups in total. The minimum Gasteiger partial charge on any atom is -0.493 e. The van der Waals surface area contributed by atoms with Gasteiger partial charge < -0.3 is 9.47 Å². The lowest BCUT2D eigenvalue weighted by Crippen LogP contribution is -2.20. The van der Waals surface area contributed by atoms with Crippen molar-refractivity contribution in [3.8, 4) is 28.3 Å². The van der Waals surface area contributed by atoms with E-state index < -0.39 is 0 Å². The predicted octanol–water partition coefficient (Wildman–Crippen LogP) is 4.64. The number of ether oxygens (including phenoxy) is 2. The van der Waals surface area contributed by atoms with Gasteiger partial charge in [0.2, 0.25) is 0 Å². The van der Waals surface area contributed by atoms with Gasteiger partial charge in [0.05, 0.1) is 25.6 Å². The summed E-state index contributed by atoms with van der Waals surface area (Å²) in [6.45, 7) is 8.90. The van der Waals surface area contributed by atoms with Crippen LogP contribution in [0.25, 0.3) is 16.8 Å². The fourth-order valence-electron chi connectivity index (χ4n) is 2.71. The first kappa shape index (κ1) is 19.7. The van der Waals surface area contributed by atoms with E-state index in [2.05, 4.69) is 25.9 Å². The number of benzene rings is 2. The Morgan fingerprint density at radius 1 is 0.964 bits per heavy atom. The van der Waals surface area contributed by atoms with Crippen LogP contribution in [0.3, 0.4) is 0 Å². The average Bonchev–Trinajstić information content (AvgIpc) is 2.66. The molecule has 0 bridgehead atoms. The van der Waals surface area contributed by atoms with Gasteiger partial charge >= 0.3 is 0 Å². The monoisotopic (exact) mass is 378 g/mol. The van der Waals surface area contributed by atoms with E-state index in [-0.39, 0.29) is 11.0 Å². The first-order valence-corrected chi connectivity index (χ1v) is 9.24. The standard InChI is InChI=1S/C23H26N2O3/c1-16-6-8-17(9-7-16)18-12-22(26)25(24-14-18)19-10-11-20(21(13-19)27-5)28-15-23(2,3)4/h6-14H,15H2,1-5H3. The highest BCUT2D eigenvalue weighted by atomic mass is 16.5. The summed E-state index contributed by atoms with van der Waals surface area (Å²) in [7, 11) is 1.58. The number of aromatic nitrogens is 2. The second-order valence-electron chi connectivity index (χ2n) is 8.04. The van der Waals surface area contributed by atoms with E-state index in [9.17, 15) is 4.79 Å². The Morgan fingerprint density at radius 3 is 2.29 bits per heavy atom. The van der Waals surface area contributed by atoms with E-state index >= 15 is 0 Å². The van der Waals surface area contributed by atoms with Crippen molar-refractivity contribution in [3.63, 3.8) is 0 Å². The second-order valence-corrected chi connectivity index (χ2v) is 8.04. The normalized spacial score (nSPS) is 11.3. The molecule has 1 heterocycles. The van der Waals surface area contributed by atoms with Crippen LogP contribution in [0.4, 0.5) is 0 Å². The zero-order valence-electron chi connectivity index (χ0n) is 17.0. The summed E-state index contributed by atoms with van der Waals surface area (Å²) < 4.78 is 12.7. The molecule has 3 rings (SSSR count). The van der Waals surface area contributed by atoms with E-state index in [1.165, 1.54) is 10.2 Å². The van der Waals surface area contributed by atoms with E-state index in [0.29, 0.717) is 23.8 Å². The molecule has 28 heavy (non-hydrogen) atoms. The number of nitrogens with zero attached hydrogens (tertiary/aromatic N) is 2. The Hall–Kier alpha value is -3.08. The van der Waals surface area contributed by atoms with Crippen molar-refractivity contribution in [1.29, 1.82) is 0 Å². The zero-order valence-corrected chi connectivity index (χ0v) is 17.0. The van der Waals surface area contributed by atoms with Gasteiger partial charge in [-0.3, -0.25) is 4.79 Å². The number of aryl methyl sites for hydroxylation is 1. The quantitative estimate of drug-likeness (QED) is 0.649. The van der Waals surface area contributed by atoms with E-state index in [1.54, 1.807) is 31.5 Å². The Bertz CT molecular complexity index is 1020. The molecule has 0 aliphatic rings. The van der Waals surface area contributed by atoms with Crippen molar-refractivity contribution >= 4 is 0 Å². The number of rotatable bonds is 5. The fourth-order valence-corrected chi connectivity index (χ4v) is 2.71. The van der Waals surface area contributed by atoms with Crippen LogP contribution in [0.1, 0.15) is 26.3 Å². The largest absolute Gasteiger partial charge is 0.493 e. The highest BCUT2D eigenvalue weighted by Gasteiger charge is 2.14. The molecule has 0 radical (unpaired) electrons. The van der Waals surface area contributed by atoms with Gasteiger partial charge in [0.15, 0.2) is 11.5 Å². The van der Waals surface area contributed by atoms with Gasteiger partial charge in [-0.2, -0.15) is 9.78 Å². The molecule has 0 aliphatic carbocycles. The fraction of sp³-hybridized carbons (Fsp3) is 0.304. The molecule has 0 unspecified atom stereocenters. The highest BCUT2D eigenvalue weighted by Crippen LogP contribution is 2.30. The summed E-state index contributed by atoms with van der Waals surface area (Å²) in [5.41, 5.74) is 3.38. The Balaban J connectivity index is 1.91. The highest BCUT2D eigenvalue weighted by molar-refractivity contribution is 5.62. The molecule has 0 aliphatic heterocycles. The number of methoxy groups -OCH3 is 1. The molecule has 5 nitrogen and oxygen atoms in total. The van der Waals surface area contributed by atoms with Crippen LogP contribution in [0, 0.1) is 12.3 Å². The first-order valence-electron chi connectivity index (χ1n) is 9.24. The Labute approximate surface area is 165 Å². The predicted molar refractivity (Wildman–Crippen MR) is 112 cm³/mol. The molecule has 146 valence electrons. The van der Waals surface area contributed by atoms with Crippen LogP contribution in [0.2, 0.25) is 0 Å². The molecule has 0 saturated carbocycles. The number of hydrogen-bond donors (Lipinski definition) is 0. The van der Waals surface area contributed by atoms with Crippen LogP contribution >= 0.6 is 0 Å². The molecule has 0 spiro atoms. The van der Waals surface area contributed by atoms with E-state index in [0.717, 1.165) is 11.1 Å². The van der Waals surface area contributed by atoms with Gasteiger partial charge in [0, 0.05) is 17.7 Å². The van der Waals surface area contributed by atoms with E-state index in [4.69, 9.17) is 9.47 Å². The maximum absolute atomic E-state index is 12.7. The summed E-state index contributed by atoms with van der Waals surface area (Å²) in [6.07, 6.45) is 1.70. The minimum atomic E-state index is -0.205. The van der Waals surface area contributed by atoms with Crippen LogP contribution in [-0.2, 0) is 0 Å². The second kappa shape index (κ2) is 7.89. The smallest absolute Gasteiger partial charge is 0.272 e. The molecule has 5 heteroatoms. The van der Waals surface area contributed by atoms with Crippen molar-refractivity contribution in [2.24, 2.45) is 5.41 Å². The Morgan fingerprint density at radius 2 is 1.68 bits per heavy atom. The third-order valence-electron chi connectivity index (χ3n) is 4.24. The zero-order chi connectivity index (χ0) is 20.3. The van der Waals surface area contributed by atoms with Gasteiger partial charge in [-0.05, 0) is 30.0 Å².